The maximum absolute atomic E-state index is 5.87. The normalized spacial score (nSPS) is 10.4. The van der Waals surface area contributed by atoms with Crippen molar-refractivity contribution >= 4 is 27.5 Å². The molecule has 0 fully saturated rings. The molecule has 2 rings (SSSR count). The summed E-state index contributed by atoms with van der Waals surface area (Å²) >= 11 is 9.40. The number of hydrogen-bond acceptors (Lipinski definition) is 2. The predicted molar refractivity (Wildman–Crippen MR) is 77.5 cm³/mol. The molecule has 0 saturated carbocycles. The van der Waals surface area contributed by atoms with Gasteiger partial charge in [0.25, 0.3) is 0 Å². The van der Waals surface area contributed by atoms with Gasteiger partial charge >= 0.3 is 0 Å². The van der Waals surface area contributed by atoms with E-state index in [-0.39, 0.29) is 0 Å². The Morgan fingerprint density at radius 3 is 2.56 bits per heavy atom. The van der Waals surface area contributed by atoms with Crippen molar-refractivity contribution in [1.29, 1.82) is 0 Å². The highest BCUT2D eigenvalue weighted by Gasteiger charge is 2.07. The van der Waals surface area contributed by atoms with Gasteiger partial charge < -0.3 is 4.74 Å². The molecule has 0 saturated heterocycles. The SMILES string of the molecule is Cc1cc(Oc2ccncc2CCl)cc(C)c1Br. The lowest BCUT2D eigenvalue weighted by Gasteiger charge is -2.11. The first-order valence-electron chi connectivity index (χ1n) is 5.55. The molecule has 0 N–H and O–H groups in total. The second-order valence-electron chi connectivity index (χ2n) is 4.09. The Balaban J connectivity index is 2.34. The molecule has 18 heavy (non-hydrogen) atoms. The Morgan fingerprint density at radius 2 is 1.94 bits per heavy atom. The van der Waals surface area contributed by atoms with Gasteiger partial charge in [0.15, 0.2) is 0 Å². The van der Waals surface area contributed by atoms with Crippen molar-refractivity contribution in [2.45, 2.75) is 19.7 Å². The van der Waals surface area contributed by atoms with Crippen LogP contribution in [0.1, 0.15) is 16.7 Å². The van der Waals surface area contributed by atoms with E-state index in [1.807, 2.05) is 32.0 Å². The van der Waals surface area contributed by atoms with Crippen molar-refractivity contribution in [3.05, 3.63) is 51.8 Å². The summed E-state index contributed by atoms with van der Waals surface area (Å²) in [6, 6.07) is 5.81. The Hall–Kier alpha value is -1.06. The molecule has 0 aliphatic rings. The van der Waals surface area contributed by atoms with Crippen LogP contribution in [0.15, 0.2) is 35.1 Å². The summed E-state index contributed by atoms with van der Waals surface area (Å²) in [7, 11) is 0. The van der Waals surface area contributed by atoms with Crippen LogP contribution in [0, 0.1) is 13.8 Å². The molecule has 0 bridgehead atoms. The molecule has 0 aliphatic heterocycles. The van der Waals surface area contributed by atoms with E-state index in [4.69, 9.17) is 16.3 Å². The summed E-state index contributed by atoms with van der Waals surface area (Å²) in [5.41, 5.74) is 3.18. The predicted octanol–water partition coefficient (Wildman–Crippen LogP) is 4.99. The molecule has 2 nitrogen and oxygen atoms in total. The smallest absolute Gasteiger partial charge is 0.134 e. The summed E-state index contributed by atoms with van der Waals surface area (Å²) in [6.07, 6.45) is 3.42. The van der Waals surface area contributed by atoms with Gasteiger partial charge in [0.05, 0.1) is 5.88 Å². The highest BCUT2D eigenvalue weighted by Crippen LogP contribution is 2.31. The zero-order valence-electron chi connectivity index (χ0n) is 10.2. The van der Waals surface area contributed by atoms with Gasteiger partial charge in [-0.2, -0.15) is 0 Å². The lowest BCUT2D eigenvalue weighted by molar-refractivity contribution is 0.476. The highest BCUT2D eigenvalue weighted by molar-refractivity contribution is 9.10. The van der Waals surface area contributed by atoms with E-state index in [0.29, 0.717) is 5.88 Å². The van der Waals surface area contributed by atoms with Crippen LogP contribution in [0.25, 0.3) is 0 Å². The molecule has 1 aromatic heterocycles. The fraction of sp³-hybridized carbons (Fsp3) is 0.214. The van der Waals surface area contributed by atoms with Crippen LogP contribution in [0.2, 0.25) is 0 Å². The van der Waals surface area contributed by atoms with Crippen molar-refractivity contribution in [2.75, 3.05) is 0 Å². The zero-order valence-corrected chi connectivity index (χ0v) is 12.5. The van der Waals surface area contributed by atoms with Crippen LogP contribution in [-0.2, 0) is 5.88 Å². The lowest BCUT2D eigenvalue weighted by atomic mass is 10.1. The van der Waals surface area contributed by atoms with E-state index in [0.717, 1.165) is 32.7 Å². The van der Waals surface area contributed by atoms with E-state index < -0.39 is 0 Å². The van der Waals surface area contributed by atoms with Gasteiger partial charge in [-0.3, -0.25) is 4.98 Å². The number of halogens is 2. The van der Waals surface area contributed by atoms with Crippen LogP contribution in [0.3, 0.4) is 0 Å². The van der Waals surface area contributed by atoms with Crippen LogP contribution in [-0.4, -0.2) is 4.98 Å². The number of aromatic nitrogens is 1. The molecule has 94 valence electrons. The van der Waals surface area contributed by atoms with Crippen molar-refractivity contribution < 1.29 is 4.74 Å². The van der Waals surface area contributed by atoms with Gasteiger partial charge in [0.1, 0.15) is 11.5 Å². The molecular weight excluding hydrogens is 314 g/mol. The third kappa shape index (κ3) is 2.85. The van der Waals surface area contributed by atoms with Crippen molar-refractivity contribution in [1.82, 2.24) is 4.98 Å². The topological polar surface area (TPSA) is 22.1 Å². The average molecular weight is 327 g/mol. The van der Waals surface area contributed by atoms with Gasteiger partial charge in [-0.05, 0) is 43.2 Å². The monoisotopic (exact) mass is 325 g/mol. The van der Waals surface area contributed by atoms with E-state index in [1.165, 1.54) is 0 Å². The van der Waals surface area contributed by atoms with Crippen molar-refractivity contribution in [3.8, 4) is 11.5 Å². The van der Waals surface area contributed by atoms with Crippen LogP contribution in [0.4, 0.5) is 0 Å². The second-order valence-corrected chi connectivity index (χ2v) is 5.15. The summed E-state index contributed by atoms with van der Waals surface area (Å²) in [5, 5.41) is 0. The molecule has 0 atom stereocenters. The fourth-order valence-corrected chi connectivity index (χ4v) is 2.14. The first-order valence-corrected chi connectivity index (χ1v) is 6.88. The molecular formula is C14H13BrClNO. The maximum atomic E-state index is 5.87. The first kappa shape index (κ1) is 13.4. The number of rotatable bonds is 3. The summed E-state index contributed by atoms with van der Waals surface area (Å²) < 4.78 is 6.98. The third-order valence-electron chi connectivity index (χ3n) is 2.64. The van der Waals surface area contributed by atoms with Crippen molar-refractivity contribution in [3.63, 3.8) is 0 Å². The molecule has 0 amide bonds. The molecule has 4 heteroatoms. The van der Waals surface area contributed by atoms with Crippen LogP contribution >= 0.6 is 27.5 Å². The highest BCUT2D eigenvalue weighted by atomic mass is 79.9. The standard InChI is InChI=1S/C14H13BrClNO/c1-9-5-12(6-10(2)14(9)15)18-13-3-4-17-8-11(13)7-16/h3-6,8H,7H2,1-2H3. The Bertz CT molecular complexity index is 548. The Morgan fingerprint density at radius 1 is 1.28 bits per heavy atom. The summed E-state index contributed by atoms with van der Waals surface area (Å²) in [6.45, 7) is 4.08. The largest absolute Gasteiger partial charge is 0.457 e. The number of nitrogens with zero attached hydrogens (tertiary/aromatic N) is 1. The minimum atomic E-state index is 0.387. The average Bonchev–Trinajstić information content (AvgIpc) is 2.36. The maximum Gasteiger partial charge on any atom is 0.134 e. The van der Waals surface area contributed by atoms with Crippen LogP contribution in [0.5, 0.6) is 11.5 Å². The van der Waals surface area contributed by atoms with E-state index in [2.05, 4.69) is 20.9 Å². The Kier molecular flexibility index (Phi) is 4.25. The fourth-order valence-electron chi connectivity index (χ4n) is 1.71. The minimum Gasteiger partial charge on any atom is -0.457 e. The van der Waals surface area contributed by atoms with Gasteiger partial charge in [-0.25, -0.2) is 0 Å². The molecule has 1 heterocycles. The van der Waals surface area contributed by atoms with Crippen molar-refractivity contribution in [2.24, 2.45) is 0 Å². The van der Waals surface area contributed by atoms with E-state index in [1.54, 1.807) is 12.4 Å². The number of hydrogen-bond donors (Lipinski definition) is 0. The number of pyridine rings is 1. The molecule has 2 aromatic rings. The number of ether oxygens (including phenoxy) is 1. The molecule has 0 unspecified atom stereocenters. The first-order chi connectivity index (χ1) is 8.61. The third-order valence-corrected chi connectivity index (χ3v) is 4.18. The number of aryl methyl sites for hydroxylation is 2. The quantitative estimate of drug-likeness (QED) is 0.741. The van der Waals surface area contributed by atoms with E-state index >= 15 is 0 Å². The molecule has 1 aromatic carbocycles. The molecule has 0 spiro atoms. The second kappa shape index (κ2) is 5.72. The summed E-state index contributed by atoms with van der Waals surface area (Å²) in [5.74, 6) is 1.95. The Labute approximate surface area is 120 Å². The van der Waals surface area contributed by atoms with Gasteiger partial charge in [-0.15, -0.1) is 11.6 Å². The van der Waals surface area contributed by atoms with E-state index in [9.17, 15) is 0 Å². The van der Waals surface area contributed by atoms with Gasteiger partial charge in [0.2, 0.25) is 0 Å². The number of benzene rings is 1. The lowest BCUT2D eigenvalue weighted by Crippen LogP contribution is -1.92. The molecule has 0 radical (unpaired) electrons. The van der Waals surface area contributed by atoms with Gasteiger partial charge in [-0.1, -0.05) is 15.9 Å². The molecule has 0 aliphatic carbocycles. The van der Waals surface area contributed by atoms with Crippen LogP contribution < -0.4 is 4.74 Å². The zero-order chi connectivity index (χ0) is 13.1. The summed E-state index contributed by atoms with van der Waals surface area (Å²) in [4.78, 5) is 4.04. The minimum absolute atomic E-state index is 0.387. The van der Waals surface area contributed by atoms with Gasteiger partial charge in [0, 0.05) is 22.4 Å². The number of alkyl halides is 1.